The minimum absolute atomic E-state index is 0.216. The number of hydrogen-bond donors (Lipinski definition) is 1. The third kappa shape index (κ3) is 3.75. The zero-order valence-electron chi connectivity index (χ0n) is 10.9. The molecule has 0 aliphatic heterocycles. The van der Waals surface area contributed by atoms with Gasteiger partial charge in [-0.05, 0) is 31.0 Å². The van der Waals surface area contributed by atoms with Gasteiger partial charge >= 0.3 is 0 Å². The van der Waals surface area contributed by atoms with E-state index < -0.39 is 11.9 Å². The lowest BCUT2D eigenvalue weighted by atomic mass is 10.0. The van der Waals surface area contributed by atoms with Gasteiger partial charge in [-0.2, -0.15) is 0 Å². The average Bonchev–Trinajstić information content (AvgIpc) is 2.74. The van der Waals surface area contributed by atoms with Crippen LogP contribution in [0.1, 0.15) is 16.3 Å². The molecule has 0 bridgehead atoms. The summed E-state index contributed by atoms with van der Waals surface area (Å²) in [5.41, 5.74) is 1.63. The molecule has 5 heteroatoms. The van der Waals surface area contributed by atoms with Crippen LogP contribution < -0.4 is 4.74 Å². The van der Waals surface area contributed by atoms with Crippen molar-refractivity contribution in [2.45, 2.75) is 25.9 Å². The van der Waals surface area contributed by atoms with Crippen LogP contribution in [0.4, 0.5) is 4.39 Å². The zero-order chi connectivity index (χ0) is 13.8. The van der Waals surface area contributed by atoms with Crippen molar-refractivity contribution >= 4 is 11.3 Å². The zero-order valence-corrected chi connectivity index (χ0v) is 11.7. The van der Waals surface area contributed by atoms with E-state index in [1.807, 2.05) is 12.3 Å². The lowest BCUT2D eigenvalue weighted by molar-refractivity contribution is 0.174. The lowest BCUT2D eigenvalue weighted by Gasteiger charge is -2.10. The van der Waals surface area contributed by atoms with Crippen LogP contribution in [0.3, 0.4) is 0 Å². The van der Waals surface area contributed by atoms with Crippen molar-refractivity contribution in [2.24, 2.45) is 0 Å². The fraction of sp³-hybridized carbons (Fsp3) is 0.357. The third-order valence-corrected chi connectivity index (χ3v) is 3.62. The molecule has 0 fully saturated rings. The summed E-state index contributed by atoms with van der Waals surface area (Å²) < 4.78 is 18.4. The highest BCUT2D eigenvalue weighted by atomic mass is 32.1. The Labute approximate surface area is 115 Å². The highest BCUT2D eigenvalue weighted by molar-refractivity contribution is 7.09. The number of benzene rings is 1. The first kappa shape index (κ1) is 14.0. The number of rotatable bonds is 5. The van der Waals surface area contributed by atoms with Crippen LogP contribution in [0.2, 0.25) is 0 Å². The van der Waals surface area contributed by atoms with Crippen LogP contribution in [0.25, 0.3) is 0 Å². The van der Waals surface area contributed by atoms with E-state index >= 15 is 0 Å². The Hall–Kier alpha value is -1.46. The van der Waals surface area contributed by atoms with E-state index in [9.17, 15) is 9.50 Å². The van der Waals surface area contributed by atoms with Crippen LogP contribution in [0, 0.1) is 12.7 Å². The number of thiazole rings is 1. The summed E-state index contributed by atoms with van der Waals surface area (Å²) in [6.07, 6.45) is 0.324. The Bertz CT molecular complexity index is 556. The summed E-state index contributed by atoms with van der Waals surface area (Å²) >= 11 is 1.56. The molecule has 0 radical (unpaired) electrons. The number of aliphatic hydroxyl groups excluding tert-OH is 1. The molecule has 19 heavy (non-hydrogen) atoms. The molecule has 1 N–H and O–H groups in total. The van der Waals surface area contributed by atoms with Gasteiger partial charge in [0, 0.05) is 11.8 Å². The summed E-state index contributed by atoms with van der Waals surface area (Å²) in [4.78, 5) is 4.30. The Morgan fingerprint density at radius 2 is 2.21 bits per heavy atom. The van der Waals surface area contributed by atoms with E-state index in [4.69, 9.17) is 4.74 Å². The number of hydrogen-bond acceptors (Lipinski definition) is 4. The number of ether oxygens (including phenoxy) is 1. The first-order valence-electron chi connectivity index (χ1n) is 6.00. The lowest BCUT2D eigenvalue weighted by Crippen LogP contribution is -2.14. The molecule has 1 heterocycles. The number of aromatic nitrogens is 1. The fourth-order valence-electron chi connectivity index (χ4n) is 1.92. The normalized spacial score (nSPS) is 12.4. The van der Waals surface area contributed by atoms with Gasteiger partial charge in [-0.1, -0.05) is 6.07 Å². The topological polar surface area (TPSA) is 42.4 Å². The van der Waals surface area contributed by atoms with Gasteiger partial charge in [-0.3, -0.25) is 0 Å². The molecule has 1 unspecified atom stereocenters. The smallest absolute Gasteiger partial charge is 0.165 e. The van der Waals surface area contributed by atoms with Gasteiger partial charge in [-0.15, -0.1) is 11.3 Å². The van der Waals surface area contributed by atoms with Crippen molar-refractivity contribution in [3.05, 3.63) is 45.7 Å². The summed E-state index contributed by atoms with van der Waals surface area (Å²) in [5, 5.41) is 12.9. The number of aryl methyl sites for hydroxylation is 1. The number of methoxy groups -OCH3 is 1. The standard InChI is InChI=1S/C14H16FNO2S/c1-9-16-11(8-19-9)7-12(17)5-10-3-4-14(18-2)13(15)6-10/h3-4,6,8,12,17H,5,7H2,1-2H3. The molecule has 0 saturated carbocycles. The monoisotopic (exact) mass is 281 g/mol. The minimum Gasteiger partial charge on any atom is -0.494 e. The average molecular weight is 281 g/mol. The van der Waals surface area contributed by atoms with Gasteiger partial charge in [0.25, 0.3) is 0 Å². The SMILES string of the molecule is COc1ccc(CC(O)Cc2csc(C)n2)cc1F. The third-order valence-electron chi connectivity index (χ3n) is 2.80. The molecule has 0 spiro atoms. The summed E-state index contributed by atoms with van der Waals surface area (Å²) in [6, 6.07) is 4.73. The van der Waals surface area contributed by atoms with E-state index in [-0.39, 0.29) is 5.75 Å². The summed E-state index contributed by atoms with van der Waals surface area (Å²) in [6.45, 7) is 1.93. The van der Waals surface area contributed by atoms with Crippen LogP contribution in [0.15, 0.2) is 23.6 Å². The predicted octanol–water partition coefficient (Wildman–Crippen LogP) is 2.75. The second-order valence-corrected chi connectivity index (χ2v) is 5.45. The van der Waals surface area contributed by atoms with Crippen molar-refractivity contribution in [1.29, 1.82) is 0 Å². The van der Waals surface area contributed by atoms with Crippen molar-refractivity contribution in [1.82, 2.24) is 4.98 Å². The molecule has 0 aliphatic rings. The molecule has 3 nitrogen and oxygen atoms in total. The summed E-state index contributed by atoms with van der Waals surface area (Å²) in [7, 11) is 1.43. The van der Waals surface area contributed by atoms with Crippen molar-refractivity contribution in [2.75, 3.05) is 7.11 Å². The van der Waals surface area contributed by atoms with Crippen LogP contribution in [-0.4, -0.2) is 23.3 Å². The summed E-state index contributed by atoms with van der Waals surface area (Å²) in [5.74, 6) is -0.190. The van der Waals surface area contributed by atoms with Crippen molar-refractivity contribution in [3.63, 3.8) is 0 Å². The van der Waals surface area contributed by atoms with Crippen LogP contribution >= 0.6 is 11.3 Å². The maximum absolute atomic E-state index is 13.5. The molecule has 0 saturated heterocycles. The van der Waals surface area contributed by atoms with Gasteiger partial charge in [0.15, 0.2) is 11.6 Å². The molecule has 2 aromatic rings. The maximum atomic E-state index is 13.5. The predicted molar refractivity (Wildman–Crippen MR) is 73.2 cm³/mol. The first-order valence-corrected chi connectivity index (χ1v) is 6.88. The maximum Gasteiger partial charge on any atom is 0.165 e. The second kappa shape index (κ2) is 6.12. The Morgan fingerprint density at radius 1 is 1.42 bits per heavy atom. The van der Waals surface area contributed by atoms with Gasteiger partial charge < -0.3 is 9.84 Å². The van der Waals surface area contributed by atoms with Gasteiger partial charge in [0.2, 0.25) is 0 Å². The van der Waals surface area contributed by atoms with Gasteiger partial charge in [0.05, 0.1) is 23.9 Å². The molecular weight excluding hydrogens is 265 g/mol. The Morgan fingerprint density at radius 3 is 2.79 bits per heavy atom. The van der Waals surface area contributed by atoms with E-state index in [0.29, 0.717) is 12.8 Å². The van der Waals surface area contributed by atoms with Crippen molar-refractivity contribution < 1.29 is 14.2 Å². The van der Waals surface area contributed by atoms with E-state index in [0.717, 1.165) is 16.3 Å². The largest absolute Gasteiger partial charge is 0.494 e. The molecule has 1 aromatic carbocycles. The quantitative estimate of drug-likeness (QED) is 0.916. The molecule has 2 rings (SSSR count). The Balaban J connectivity index is 1.98. The number of aliphatic hydroxyl groups is 1. The van der Waals surface area contributed by atoms with E-state index in [1.54, 1.807) is 23.5 Å². The fourth-order valence-corrected chi connectivity index (χ4v) is 2.55. The van der Waals surface area contributed by atoms with E-state index in [2.05, 4.69) is 4.98 Å². The molecule has 0 amide bonds. The van der Waals surface area contributed by atoms with Crippen LogP contribution in [-0.2, 0) is 12.8 Å². The molecule has 0 aliphatic carbocycles. The molecular formula is C14H16FNO2S. The molecule has 102 valence electrons. The molecule has 1 aromatic heterocycles. The van der Waals surface area contributed by atoms with Crippen molar-refractivity contribution in [3.8, 4) is 5.75 Å². The number of nitrogens with zero attached hydrogens (tertiary/aromatic N) is 1. The molecule has 1 atom stereocenters. The van der Waals surface area contributed by atoms with Gasteiger partial charge in [-0.25, -0.2) is 9.37 Å². The first-order chi connectivity index (χ1) is 9.08. The van der Waals surface area contributed by atoms with E-state index in [1.165, 1.54) is 13.2 Å². The Kier molecular flexibility index (Phi) is 4.50. The highest BCUT2D eigenvalue weighted by Gasteiger charge is 2.11. The number of halogens is 1. The minimum atomic E-state index is -0.561. The van der Waals surface area contributed by atoms with Crippen LogP contribution in [0.5, 0.6) is 5.75 Å². The second-order valence-electron chi connectivity index (χ2n) is 4.39. The highest BCUT2D eigenvalue weighted by Crippen LogP contribution is 2.19. The van der Waals surface area contributed by atoms with Gasteiger partial charge in [0.1, 0.15) is 0 Å².